The molecule has 2 aromatic carbocycles. The third-order valence-electron chi connectivity index (χ3n) is 4.78. The van der Waals surface area contributed by atoms with Gasteiger partial charge in [0.2, 0.25) is 0 Å². The Balaban J connectivity index is 2.62. The van der Waals surface area contributed by atoms with E-state index >= 15 is 0 Å². The molecule has 0 saturated carbocycles. The number of hydrogen-bond acceptors (Lipinski definition) is 2. The molecule has 2 rings (SSSR count). The molecule has 0 fully saturated rings. The van der Waals surface area contributed by atoms with E-state index in [4.69, 9.17) is 11.6 Å². The highest BCUT2D eigenvalue weighted by Gasteiger charge is 2.29. The summed E-state index contributed by atoms with van der Waals surface area (Å²) in [6.07, 6.45) is 0. The minimum absolute atomic E-state index is 0.0130. The van der Waals surface area contributed by atoms with Crippen LogP contribution in [0.5, 0.6) is 5.75 Å². The predicted octanol–water partition coefficient (Wildman–Crippen LogP) is 6.63. The largest absolute Gasteiger partial charge is 0.507 e. The maximum atomic E-state index is 13.0. The van der Waals surface area contributed by atoms with E-state index in [-0.39, 0.29) is 22.5 Å². The fourth-order valence-corrected chi connectivity index (χ4v) is 3.32. The van der Waals surface area contributed by atoms with Crippen LogP contribution in [-0.4, -0.2) is 10.9 Å². The van der Waals surface area contributed by atoms with E-state index in [1.165, 1.54) is 0 Å². The highest BCUT2D eigenvalue weighted by molar-refractivity contribution is 6.34. The minimum Gasteiger partial charge on any atom is -0.507 e. The van der Waals surface area contributed by atoms with Gasteiger partial charge in [0, 0.05) is 11.5 Å². The van der Waals surface area contributed by atoms with Crippen molar-refractivity contribution in [1.29, 1.82) is 0 Å². The van der Waals surface area contributed by atoms with Crippen molar-refractivity contribution in [3.05, 3.63) is 63.7 Å². The Morgan fingerprint density at radius 3 is 1.85 bits per heavy atom. The minimum atomic E-state index is -0.349. The molecule has 0 radical (unpaired) electrons. The summed E-state index contributed by atoms with van der Waals surface area (Å²) in [6.45, 7) is 14.3. The van der Waals surface area contributed by atoms with Gasteiger partial charge in [-0.3, -0.25) is 4.79 Å². The van der Waals surface area contributed by atoms with Gasteiger partial charge < -0.3 is 5.11 Å². The zero-order chi connectivity index (χ0) is 19.9. The summed E-state index contributed by atoms with van der Waals surface area (Å²) in [6, 6.07) is 11.1. The number of aromatic hydroxyl groups is 1. The summed E-state index contributed by atoms with van der Waals surface area (Å²) in [4.78, 5) is 13.0. The summed E-state index contributed by atoms with van der Waals surface area (Å²) in [7, 11) is 0. The quantitative estimate of drug-likeness (QED) is 0.614. The van der Waals surface area contributed by atoms with Crippen molar-refractivity contribution < 1.29 is 9.90 Å². The number of carbonyl (C=O) groups excluding carboxylic acids is 1. The zero-order valence-electron chi connectivity index (χ0n) is 16.8. The van der Waals surface area contributed by atoms with Crippen molar-refractivity contribution in [1.82, 2.24) is 0 Å². The van der Waals surface area contributed by atoms with Crippen LogP contribution in [0.4, 0.5) is 0 Å². The van der Waals surface area contributed by atoms with Crippen LogP contribution in [0.3, 0.4) is 0 Å². The third kappa shape index (κ3) is 4.12. The molecule has 0 aromatic heterocycles. The Morgan fingerprint density at radius 1 is 0.962 bits per heavy atom. The molecule has 26 heavy (non-hydrogen) atoms. The van der Waals surface area contributed by atoms with E-state index in [9.17, 15) is 9.90 Å². The fraction of sp³-hybridized carbons (Fsp3) is 0.435. The van der Waals surface area contributed by atoms with Crippen LogP contribution >= 0.6 is 11.6 Å². The van der Waals surface area contributed by atoms with Crippen LogP contribution in [0.25, 0.3) is 0 Å². The van der Waals surface area contributed by atoms with Crippen molar-refractivity contribution in [2.45, 2.75) is 65.2 Å². The second-order valence-electron chi connectivity index (χ2n) is 9.03. The van der Waals surface area contributed by atoms with Crippen molar-refractivity contribution in [2.24, 2.45) is 0 Å². The molecule has 1 unspecified atom stereocenters. The molecule has 0 heterocycles. The van der Waals surface area contributed by atoms with Crippen LogP contribution in [0.1, 0.15) is 81.4 Å². The van der Waals surface area contributed by atoms with Crippen LogP contribution < -0.4 is 0 Å². The van der Waals surface area contributed by atoms with Gasteiger partial charge in [-0.15, -0.1) is 0 Å². The first kappa shape index (κ1) is 20.5. The third-order valence-corrected chi connectivity index (χ3v) is 5.11. The molecule has 3 heteroatoms. The molecule has 0 saturated heterocycles. The van der Waals surface area contributed by atoms with Crippen molar-refractivity contribution in [3.63, 3.8) is 0 Å². The molecule has 0 spiro atoms. The molecular formula is C23H29ClO2. The van der Waals surface area contributed by atoms with E-state index in [1.807, 2.05) is 31.2 Å². The van der Waals surface area contributed by atoms with E-state index in [1.54, 1.807) is 12.1 Å². The number of phenols is 1. The lowest BCUT2D eigenvalue weighted by atomic mass is 9.76. The summed E-state index contributed by atoms with van der Waals surface area (Å²) >= 11 is 6.22. The Labute approximate surface area is 162 Å². The molecule has 1 N–H and O–H groups in total. The summed E-state index contributed by atoms with van der Waals surface area (Å²) in [5, 5.41) is 11.3. The average Bonchev–Trinajstić information content (AvgIpc) is 2.52. The Morgan fingerprint density at radius 2 is 1.42 bits per heavy atom. The Hall–Kier alpha value is -1.80. The number of hydrogen-bond donors (Lipinski definition) is 1. The second kappa shape index (κ2) is 7.08. The first-order chi connectivity index (χ1) is 11.8. The van der Waals surface area contributed by atoms with Crippen molar-refractivity contribution in [2.75, 3.05) is 0 Å². The first-order valence-corrected chi connectivity index (χ1v) is 9.38. The molecule has 2 nitrogen and oxygen atoms in total. The molecule has 0 aliphatic rings. The van der Waals surface area contributed by atoms with E-state index < -0.39 is 0 Å². The molecule has 1 atom stereocenters. The van der Waals surface area contributed by atoms with Crippen LogP contribution in [-0.2, 0) is 10.8 Å². The maximum absolute atomic E-state index is 13.0. The second-order valence-corrected chi connectivity index (χ2v) is 9.44. The lowest BCUT2D eigenvalue weighted by molar-refractivity contribution is 0.0966. The molecule has 0 bridgehead atoms. The topological polar surface area (TPSA) is 37.3 Å². The number of benzene rings is 2. The van der Waals surface area contributed by atoms with Crippen LogP contribution in [0, 0.1) is 0 Å². The predicted molar refractivity (Wildman–Crippen MR) is 110 cm³/mol. The molecule has 2 aromatic rings. The number of halogens is 1. The van der Waals surface area contributed by atoms with Gasteiger partial charge >= 0.3 is 0 Å². The van der Waals surface area contributed by atoms with E-state index in [2.05, 4.69) is 41.5 Å². The molecule has 0 amide bonds. The SMILES string of the molecule is CC(C(=O)c1ccccc1Cl)c1cc(C(C)(C)C)c(O)c(C(C)(C)C)c1. The molecule has 0 aliphatic carbocycles. The highest BCUT2D eigenvalue weighted by Crippen LogP contribution is 2.41. The Bertz CT molecular complexity index is 788. The van der Waals surface area contributed by atoms with Crippen molar-refractivity contribution >= 4 is 17.4 Å². The average molecular weight is 373 g/mol. The zero-order valence-corrected chi connectivity index (χ0v) is 17.5. The smallest absolute Gasteiger partial charge is 0.171 e. The number of rotatable bonds is 3. The van der Waals surface area contributed by atoms with Gasteiger partial charge in [-0.25, -0.2) is 0 Å². The first-order valence-electron chi connectivity index (χ1n) is 9.00. The normalized spacial score (nSPS) is 13.5. The molecule has 0 aliphatic heterocycles. The lowest BCUT2D eigenvalue weighted by Crippen LogP contribution is -2.19. The molecule has 140 valence electrons. The van der Waals surface area contributed by atoms with Gasteiger partial charge in [0.1, 0.15) is 5.75 Å². The van der Waals surface area contributed by atoms with Crippen LogP contribution in [0.15, 0.2) is 36.4 Å². The van der Waals surface area contributed by atoms with Gasteiger partial charge in [0.05, 0.1) is 5.02 Å². The lowest BCUT2D eigenvalue weighted by Gasteiger charge is -2.29. The Kier molecular flexibility index (Phi) is 5.58. The van der Waals surface area contributed by atoms with E-state index in [0.29, 0.717) is 16.3 Å². The fourth-order valence-electron chi connectivity index (χ4n) is 3.10. The van der Waals surface area contributed by atoms with Gasteiger partial charge in [-0.1, -0.05) is 84.3 Å². The highest BCUT2D eigenvalue weighted by atomic mass is 35.5. The van der Waals surface area contributed by atoms with Crippen LogP contribution in [0.2, 0.25) is 5.02 Å². The molecular weight excluding hydrogens is 344 g/mol. The summed E-state index contributed by atoms with van der Waals surface area (Å²) in [5.74, 6) is -0.0372. The number of phenolic OH excluding ortho intramolecular Hbond substituents is 1. The van der Waals surface area contributed by atoms with Crippen molar-refractivity contribution in [3.8, 4) is 5.75 Å². The van der Waals surface area contributed by atoms with Gasteiger partial charge in [0.25, 0.3) is 0 Å². The standard InChI is InChI=1S/C23H29ClO2/c1-14(20(25)16-10-8-9-11-19(16)24)15-12-17(22(2,3)4)21(26)18(13-15)23(5,6)7/h8-14,26H,1-7H3. The van der Waals surface area contributed by atoms with Gasteiger partial charge in [0.15, 0.2) is 5.78 Å². The summed E-state index contributed by atoms with van der Waals surface area (Å²) in [5.41, 5.74) is 2.70. The monoisotopic (exact) mass is 372 g/mol. The number of ketones is 1. The van der Waals surface area contributed by atoms with E-state index in [0.717, 1.165) is 16.7 Å². The summed E-state index contributed by atoms with van der Waals surface area (Å²) < 4.78 is 0. The number of carbonyl (C=O) groups is 1. The maximum Gasteiger partial charge on any atom is 0.171 e. The van der Waals surface area contributed by atoms with Gasteiger partial charge in [-0.05, 0) is 39.7 Å². The number of Topliss-reactive ketones (excluding diaryl/α,β-unsaturated/α-hetero) is 1. The van der Waals surface area contributed by atoms with Gasteiger partial charge in [-0.2, -0.15) is 0 Å².